The molecule has 0 fully saturated rings. The second kappa shape index (κ2) is 10.3. The summed E-state index contributed by atoms with van der Waals surface area (Å²) >= 11 is 0. The van der Waals surface area contributed by atoms with E-state index < -0.39 is 0 Å². The van der Waals surface area contributed by atoms with Crippen LogP contribution in [0.3, 0.4) is 0 Å². The Balaban J connectivity index is 1.93. The molecule has 0 bridgehead atoms. The molecule has 1 aromatic heterocycles. The summed E-state index contributed by atoms with van der Waals surface area (Å²) in [5, 5.41) is 3.36. The summed E-state index contributed by atoms with van der Waals surface area (Å²) in [6.07, 6.45) is 9.70. The van der Waals surface area contributed by atoms with Gasteiger partial charge in [0.25, 0.3) is 0 Å². The van der Waals surface area contributed by atoms with E-state index in [1.807, 2.05) is 18.6 Å². The molecule has 0 saturated heterocycles. The summed E-state index contributed by atoms with van der Waals surface area (Å²) < 4.78 is 2.06. The predicted octanol–water partition coefficient (Wildman–Crippen LogP) is 3.29. The van der Waals surface area contributed by atoms with Crippen LogP contribution in [0.15, 0.2) is 60.6 Å². The van der Waals surface area contributed by atoms with Crippen LogP contribution in [-0.2, 0) is 13.1 Å². The highest BCUT2D eigenvalue weighted by atomic mass is 15.3. The number of benzene rings is 1. The van der Waals surface area contributed by atoms with E-state index in [0.29, 0.717) is 6.54 Å². The molecule has 1 N–H and O–H groups in total. The smallest absolute Gasteiger partial charge is 0.193 e. The van der Waals surface area contributed by atoms with Gasteiger partial charge in [-0.15, -0.1) is 6.58 Å². The van der Waals surface area contributed by atoms with Crippen molar-refractivity contribution in [1.29, 1.82) is 0 Å². The lowest BCUT2D eigenvalue weighted by molar-refractivity contribution is 0.470. The maximum absolute atomic E-state index is 4.76. The zero-order chi connectivity index (χ0) is 17.9. The van der Waals surface area contributed by atoms with Gasteiger partial charge in [0.2, 0.25) is 0 Å². The van der Waals surface area contributed by atoms with Crippen molar-refractivity contribution >= 4 is 5.96 Å². The third-order valence-electron chi connectivity index (χ3n) is 3.96. The molecule has 134 valence electrons. The van der Waals surface area contributed by atoms with Crippen molar-refractivity contribution in [3.05, 3.63) is 66.8 Å². The van der Waals surface area contributed by atoms with Crippen molar-refractivity contribution in [2.45, 2.75) is 32.9 Å². The molecule has 5 heteroatoms. The Labute approximate surface area is 151 Å². The van der Waals surface area contributed by atoms with E-state index in [9.17, 15) is 0 Å². The second-order valence-electron chi connectivity index (χ2n) is 6.07. The van der Waals surface area contributed by atoms with Crippen LogP contribution in [0.5, 0.6) is 0 Å². The first kappa shape index (κ1) is 18.8. The first-order chi connectivity index (χ1) is 12.2. The number of hydrogen-bond acceptors (Lipinski definition) is 2. The van der Waals surface area contributed by atoms with Crippen molar-refractivity contribution in [3.8, 4) is 0 Å². The normalized spacial score (nSPS) is 11.4. The largest absolute Gasteiger partial charge is 0.357 e. The van der Waals surface area contributed by atoms with Gasteiger partial charge in [0.1, 0.15) is 0 Å². The Hall–Kier alpha value is -2.56. The molecule has 0 unspecified atom stereocenters. The molecule has 0 aliphatic heterocycles. The minimum atomic E-state index is 0.680. The molecule has 2 aromatic rings. The zero-order valence-electron chi connectivity index (χ0n) is 15.4. The Morgan fingerprint density at radius 3 is 2.72 bits per heavy atom. The quantitative estimate of drug-likeness (QED) is 0.330. The van der Waals surface area contributed by atoms with E-state index in [0.717, 1.165) is 38.4 Å². The van der Waals surface area contributed by atoms with Crippen LogP contribution in [0.25, 0.3) is 0 Å². The van der Waals surface area contributed by atoms with Gasteiger partial charge in [-0.2, -0.15) is 0 Å². The average Bonchev–Trinajstić information content (AvgIpc) is 3.13. The van der Waals surface area contributed by atoms with Crippen LogP contribution >= 0.6 is 0 Å². The van der Waals surface area contributed by atoms with Gasteiger partial charge in [0.05, 0.1) is 12.9 Å². The van der Waals surface area contributed by atoms with E-state index in [-0.39, 0.29) is 0 Å². The van der Waals surface area contributed by atoms with E-state index in [2.05, 4.69) is 64.6 Å². The van der Waals surface area contributed by atoms with Gasteiger partial charge in [-0.3, -0.25) is 0 Å². The van der Waals surface area contributed by atoms with Crippen molar-refractivity contribution in [3.63, 3.8) is 0 Å². The number of hydrogen-bond donors (Lipinski definition) is 1. The van der Waals surface area contributed by atoms with Crippen molar-refractivity contribution in [2.24, 2.45) is 4.99 Å². The Bertz CT molecular complexity index is 643. The SMILES string of the molecule is C=CCCCN(C)C(=NCc1ccc(Cn2ccnc2)cc1)NCC. The van der Waals surface area contributed by atoms with E-state index in [1.54, 1.807) is 6.20 Å². The van der Waals surface area contributed by atoms with E-state index in [1.165, 1.54) is 11.1 Å². The molecular formula is C20H29N5. The lowest BCUT2D eigenvalue weighted by Gasteiger charge is -2.21. The number of aromatic nitrogens is 2. The zero-order valence-corrected chi connectivity index (χ0v) is 15.4. The standard InChI is InChI=1S/C20H29N5/c1-4-6-7-13-24(3)20(22-5-2)23-15-18-8-10-19(11-9-18)16-25-14-12-21-17-25/h4,8-12,14,17H,1,5-7,13,15-16H2,2-3H3,(H,22,23). The fourth-order valence-electron chi connectivity index (χ4n) is 2.56. The van der Waals surface area contributed by atoms with Crippen molar-refractivity contribution < 1.29 is 0 Å². The molecule has 0 saturated carbocycles. The molecule has 5 nitrogen and oxygen atoms in total. The maximum Gasteiger partial charge on any atom is 0.193 e. The number of allylic oxidation sites excluding steroid dienone is 1. The minimum Gasteiger partial charge on any atom is -0.357 e. The fraction of sp³-hybridized carbons (Fsp3) is 0.400. The van der Waals surface area contributed by atoms with Gasteiger partial charge in [-0.25, -0.2) is 9.98 Å². The summed E-state index contributed by atoms with van der Waals surface area (Å²) in [5.74, 6) is 0.953. The van der Waals surface area contributed by atoms with Gasteiger partial charge >= 0.3 is 0 Å². The van der Waals surface area contributed by atoms with Crippen LogP contribution in [0, 0.1) is 0 Å². The van der Waals surface area contributed by atoms with Gasteiger partial charge in [0.15, 0.2) is 5.96 Å². The van der Waals surface area contributed by atoms with Gasteiger partial charge < -0.3 is 14.8 Å². The molecule has 25 heavy (non-hydrogen) atoms. The Morgan fingerprint density at radius 1 is 1.32 bits per heavy atom. The Morgan fingerprint density at radius 2 is 2.08 bits per heavy atom. The fourth-order valence-corrected chi connectivity index (χ4v) is 2.56. The van der Waals surface area contributed by atoms with E-state index in [4.69, 9.17) is 4.99 Å². The van der Waals surface area contributed by atoms with Gasteiger partial charge in [0, 0.05) is 39.1 Å². The van der Waals surface area contributed by atoms with Crippen LogP contribution in [0.1, 0.15) is 30.9 Å². The molecule has 0 amide bonds. The van der Waals surface area contributed by atoms with Crippen molar-refractivity contribution in [2.75, 3.05) is 20.1 Å². The molecule has 0 atom stereocenters. The van der Waals surface area contributed by atoms with Crippen LogP contribution in [-0.4, -0.2) is 40.5 Å². The molecule has 1 heterocycles. The summed E-state index contributed by atoms with van der Waals surface area (Å²) in [6, 6.07) is 8.62. The first-order valence-electron chi connectivity index (χ1n) is 8.86. The van der Waals surface area contributed by atoms with E-state index >= 15 is 0 Å². The molecule has 0 radical (unpaired) electrons. The van der Waals surface area contributed by atoms with Crippen molar-refractivity contribution in [1.82, 2.24) is 19.8 Å². The number of aliphatic imine (C=N–C) groups is 1. The lowest BCUT2D eigenvalue weighted by Crippen LogP contribution is -2.39. The number of rotatable bonds is 9. The molecule has 0 aliphatic rings. The lowest BCUT2D eigenvalue weighted by atomic mass is 10.1. The molecule has 1 aromatic carbocycles. The third kappa shape index (κ3) is 6.45. The molecule has 0 aliphatic carbocycles. The predicted molar refractivity (Wildman–Crippen MR) is 105 cm³/mol. The second-order valence-corrected chi connectivity index (χ2v) is 6.07. The molecule has 0 spiro atoms. The summed E-state index contributed by atoms with van der Waals surface area (Å²) in [4.78, 5) is 11.0. The number of imidazole rings is 1. The topological polar surface area (TPSA) is 45.5 Å². The Kier molecular flexibility index (Phi) is 7.76. The monoisotopic (exact) mass is 339 g/mol. The maximum atomic E-state index is 4.76. The highest BCUT2D eigenvalue weighted by Crippen LogP contribution is 2.08. The van der Waals surface area contributed by atoms with Gasteiger partial charge in [-0.1, -0.05) is 30.3 Å². The summed E-state index contributed by atoms with van der Waals surface area (Å²) in [6.45, 7) is 9.24. The minimum absolute atomic E-state index is 0.680. The highest BCUT2D eigenvalue weighted by Gasteiger charge is 2.04. The first-order valence-corrected chi connectivity index (χ1v) is 8.86. The van der Waals surface area contributed by atoms with Crippen LogP contribution in [0.2, 0.25) is 0 Å². The van der Waals surface area contributed by atoms with Crippen LogP contribution in [0.4, 0.5) is 0 Å². The van der Waals surface area contributed by atoms with Gasteiger partial charge in [-0.05, 0) is 30.9 Å². The molecular weight excluding hydrogens is 310 g/mol. The number of guanidine groups is 1. The third-order valence-corrected chi connectivity index (χ3v) is 3.96. The number of nitrogens with one attached hydrogen (secondary N) is 1. The summed E-state index contributed by atoms with van der Waals surface area (Å²) in [7, 11) is 2.08. The average molecular weight is 339 g/mol. The summed E-state index contributed by atoms with van der Waals surface area (Å²) in [5.41, 5.74) is 2.48. The highest BCUT2D eigenvalue weighted by molar-refractivity contribution is 5.79. The molecule has 2 rings (SSSR count). The number of unbranched alkanes of at least 4 members (excludes halogenated alkanes) is 1. The van der Waals surface area contributed by atoms with Crippen LogP contribution < -0.4 is 5.32 Å². The number of nitrogens with zero attached hydrogens (tertiary/aromatic N) is 4.